The zero-order valence-corrected chi connectivity index (χ0v) is 22.9. The van der Waals surface area contributed by atoms with E-state index in [2.05, 4.69) is 11.9 Å². The number of aromatic nitrogens is 2. The average molecular weight is 533 g/mol. The number of unbranched alkanes of at least 4 members (excludes halogenated alkanes) is 5. The normalized spacial score (nSPS) is 12.1. The van der Waals surface area contributed by atoms with Crippen LogP contribution in [0.2, 0.25) is 5.02 Å². The second-order valence-electron chi connectivity index (χ2n) is 8.94. The number of halogens is 1. The lowest BCUT2D eigenvalue weighted by Gasteiger charge is -2.24. The van der Waals surface area contributed by atoms with Gasteiger partial charge in [0, 0.05) is 28.4 Å². The van der Waals surface area contributed by atoms with E-state index in [1.54, 1.807) is 18.2 Å². The van der Waals surface area contributed by atoms with Gasteiger partial charge in [-0.1, -0.05) is 63.6 Å². The molecule has 1 heterocycles. The summed E-state index contributed by atoms with van der Waals surface area (Å²) in [5, 5.41) is 0.596. The van der Waals surface area contributed by atoms with Crippen molar-refractivity contribution in [1.29, 1.82) is 0 Å². The Kier molecular flexibility index (Phi) is 10.8. The maximum absolute atomic E-state index is 13.0. The van der Waals surface area contributed by atoms with Crippen molar-refractivity contribution < 1.29 is 18.3 Å². The number of amides is 1. The first kappa shape index (κ1) is 28.2. The van der Waals surface area contributed by atoms with Gasteiger partial charge in [0.1, 0.15) is 11.6 Å². The highest BCUT2D eigenvalue weighted by molar-refractivity contribution is 7.77. The van der Waals surface area contributed by atoms with E-state index in [-0.39, 0.29) is 6.54 Å². The molecule has 36 heavy (non-hydrogen) atoms. The molecule has 0 aliphatic heterocycles. The smallest absolute Gasteiger partial charge is 0.264 e. The average Bonchev–Trinajstić information content (AvgIpc) is 3.16. The fraction of sp³-hybridized carbons (Fsp3) is 0.481. The fourth-order valence-corrected chi connectivity index (χ4v) is 4.85. The lowest BCUT2D eigenvalue weighted by atomic mass is 10.1. The number of fused-ring (bicyclic) bond motifs is 1. The van der Waals surface area contributed by atoms with Crippen molar-refractivity contribution in [2.45, 2.75) is 72.3 Å². The summed E-state index contributed by atoms with van der Waals surface area (Å²) in [5.41, 5.74) is 2.68. The minimum atomic E-state index is -2.63. The SMILES string of the molecule is CCCCCCOc1ccc(Cn2c(C)nc3ccc(C(=O)N(CCCCC)S(=O)[O-])cc32)c(Cl)c1. The summed E-state index contributed by atoms with van der Waals surface area (Å²) in [7, 11) is 0. The number of carbonyl (C=O) groups excluding carboxylic acids is 1. The van der Waals surface area contributed by atoms with Crippen molar-refractivity contribution in [3.8, 4) is 5.75 Å². The Hall–Kier alpha value is -2.42. The second kappa shape index (κ2) is 13.8. The van der Waals surface area contributed by atoms with E-state index in [4.69, 9.17) is 16.3 Å². The van der Waals surface area contributed by atoms with Crippen molar-refractivity contribution in [2.75, 3.05) is 13.2 Å². The van der Waals surface area contributed by atoms with Crippen LogP contribution in [-0.4, -0.2) is 41.7 Å². The van der Waals surface area contributed by atoms with Crippen LogP contribution in [0.15, 0.2) is 36.4 Å². The molecule has 3 rings (SSSR count). The number of ether oxygens (including phenoxy) is 1. The molecule has 2 aromatic carbocycles. The molecule has 0 spiro atoms. The first-order valence-corrected chi connectivity index (χ1v) is 14.1. The Morgan fingerprint density at radius 1 is 1.08 bits per heavy atom. The molecule has 0 aliphatic rings. The Morgan fingerprint density at radius 2 is 1.83 bits per heavy atom. The number of carbonyl (C=O) groups is 1. The first-order valence-electron chi connectivity index (χ1n) is 12.6. The summed E-state index contributed by atoms with van der Waals surface area (Å²) >= 11 is 3.96. The number of rotatable bonds is 14. The van der Waals surface area contributed by atoms with Gasteiger partial charge in [0.15, 0.2) is 0 Å². The summed E-state index contributed by atoms with van der Waals surface area (Å²) in [6.07, 6.45) is 6.99. The molecular weight excluding hydrogens is 498 g/mol. The van der Waals surface area contributed by atoms with Gasteiger partial charge in [-0.25, -0.2) is 4.98 Å². The van der Waals surface area contributed by atoms with Gasteiger partial charge in [-0.05, 0) is 55.7 Å². The Balaban J connectivity index is 1.79. The van der Waals surface area contributed by atoms with E-state index in [1.807, 2.05) is 36.6 Å². The predicted octanol–water partition coefficient (Wildman–Crippen LogP) is 6.43. The summed E-state index contributed by atoms with van der Waals surface area (Å²) in [4.78, 5) is 17.6. The number of benzene rings is 2. The number of nitrogens with zero attached hydrogens (tertiary/aromatic N) is 3. The second-order valence-corrected chi connectivity index (χ2v) is 10.2. The molecule has 0 N–H and O–H groups in total. The van der Waals surface area contributed by atoms with E-state index in [0.29, 0.717) is 30.2 Å². The van der Waals surface area contributed by atoms with E-state index in [1.165, 1.54) is 12.8 Å². The minimum absolute atomic E-state index is 0.168. The minimum Gasteiger partial charge on any atom is -0.755 e. The third-order valence-corrected chi connectivity index (χ3v) is 7.24. The van der Waals surface area contributed by atoms with Crippen LogP contribution < -0.4 is 4.74 Å². The standard InChI is InChI=1S/C27H36ClN3O4S/c1-4-6-8-10-16-35-23-13-11-22(24(28)18-23)19-30-20(3)29-25-14-12-21(17-26(25)30)27(32)31(36(33)34)15-9-7-5-2/h11-14,17-18H,4-10,15-16,19H2,1-3H3,(H,33,34)/p-1. The molecule has 7 nitrogen and oxygen atoms in total. The van der Waals surface area contributed by atoms with E-state index in [0.717, 1.165) is 58.2 Å². The molecule has 9 heteroatoms. The lowest BCUT2D eigenvalue weighted by molar-refractivity contribution is 0.0857. The maximum atomic E-state index is 13.0. The van der Waals surface area contributed by atoms with E-state index >= 15 is 0 Å². The van der Waals surface area contributed by atoms with E-state index in [9.17, 15) is 13.6 Å². The molecular formula is C27H35ClN3O4S-. The van der Waals surface area contributed by atoms with Gasteiger partial charge in [-0.15, -0.1) is 0 Å². The topological polar surface area (TPSA) is 87.5 Å². The third-order valence-electron chi connectivity index (χ3n) is 6.18. The molecule has 1 atom stereocenters. The van der Waals surface area contributed by atoms with Crippen LogP contribution in [0, 0.1) is 6.92 Å². The summed E-state index contributed by atoms with van der Waals surface area (Å²) in [6.45, 7) is 7.40. The molecule has 0 radical (unpaired) electrons. The number of aryl methyl sites for hydroxylation is 1. The third kappa shape index (κ3) is 7.31. The molecule has 0 aliphatic carbocycles. The fourth-order valence-electron chi connectivity index (χ4n) is 4.10. The van der Waals surface area contributed by atoms with Gasteiger partial charge >= 0.3 is 0 Å². The highest BCUT2D eigenvalue weighted by Gasteiger charge is 2.19. The van der Waals surface area contributed by atoms with Gasteiger partial charge in [-0.3, -0.25) is 13.3 Å². The monoisotopic (exact) mass is 532 g/mol. The zero-order valence-electron chi connectivity index (χ0n) is 21.3. The maximum Gasteiger partial charge on any atom is 0.264 e. The van der Waals surface area contributed by atoms with Gasteiger partial charge in [-0.2, -0.15) is 0 Å². The van der Waals surface area contributed by atoms with Gasteiger partial charge in [0.2, 0.25) is 0 Å². The van der Waals surface area contributed by atoms with E-state index < -0.39 is 17.2 Å². The Morgan fingerprint density at radius 3 is 2.53 bits per heavy atom. The van der Waals surface area contributed by atoms with Crippen molar-refractivity contribution in [1.82, 2.24) is 13.9 Å². The van der Waals surface area contributed by atoms with Crippen LogP contribution in [0.3, 0.4) is 0 Å². The molecule has 196 valence electrons. The number of imidazole rings is 1. The van der Waals surface area contributed by atoms with Crippen molar-refractivity contribution in [2.24, 2.45) is 0 Å². The molecule has 1 aromatic heterocycles. The van der Waals surface area contributed by atoms with Crippen LogP contribution in [0.4, 0.5) is 0 Å². The summed E-state index contributed by atoms with van der Waals surface area (Å²) in [5.74, 6) is 0.980. The van der Waals surface area contributed by atoms with Crippen LogP contribution >= 0.6 is 11.6 Å². The number of hydrogen-bond donors (Lipinski definition) is 0. The van der Waals surface area contributed by atoms with Gasteiger partial charge in [0.05, 0.1) is 24.2 Å². The summed E-state index contributed by atoms with van der Waals surface area (Å²) < 4.78 is 32.2. The van der Waals surface area contributed by atoms with Crippen molar-refractivity contribution in [3.05, 3.63) is 58.4 Å². The summed E-state index contributed by atoms with van der Waals surface area (Å²) in [6, 6.07) is 10.8. The van der Waals surface area contributed by atoms with Crippen LogP contribution in [-0.2, 0) is 17.8 Å². The molecule has 1 amide bonds. The van der Waals surface area contributed by atoms with Gasteiger partial charge < -0.3 is 13.9 Å². The molecule has 0 saturated heterocycles. The van der Waals surface area contributed by atoms with Crippen LogP contribution in [0.25, 0.3) is 11.0 Å². The molecule has 1 unspecified atom stereocenters. The van der Waals surface area contributed by atoms with Crippen molar-refractivity contribution >= 4 is 39.8 Å². The molecule has 0 fully saturated rings. The van der Waals surface area contributed by atoms with Crippen LogP contribution in [0.1, 0.15) is 80.5 Å². The Bertz CT molecular complexity index is 1200. The number of hydrogen-bond acceptors (Lipinski definition) is 5. The largest absolute Gasteiger partial charge is 0.755 e. The molecule has 3 aromatic rings. The quantitative estimate of drug-likeness (QED) is 0.176. The van der Waals surface area contributed by atoms with Crippen molar-refractivity contribution in [3.63, 3.8) is 0 Å². The predicted molar refractivity (Wildman–Crippen MR) is 144 cm³/mol. The zero-order chi connectivity index (χ0) is 26.1. The molecule has 0 saturated carbocycles. The first-order chi connectivity index (χ1) is 17.3. The Labute approximate surface area is 221 Å². The highest BCUT2D eigenvalue weighted by atomic mass is 35.5. The highest BCUT2D eigenvalue weighted by Crippen LogP contribution is 2.26. The van der Waals surface area contributed by atoms with Crippen LogP contribution in [0.5, 0.6) is 5.75 Å². The lowest BCUT2D eigenvalue weighted by Crippen LogP contribution is -2.33. The van der Waals surface area contributed by atoms with Gasteiger partial charge in [0.25, 0.3) is 5.91 Å². The molecule has 0 bridgehead atoms.